The summed E-state index contributed by atoms with van der Waals surface area (Å²) in [7, 11) is 0. The Morgan fingerprint density at radius 1 is 0.919 bits per heavy atom. The predicted octanol–water partition coefficient (Wildman–Crippen LogP) is 6.50. The summed E-state index contributed by atoms with van der Waals surface area (Å²) in [5, 5.41) is 8.95. The van der Waals surface area contributed by atoms with Gasteiger partial charge in [0.2, 0.25) is 0 Å². The van der Waals surface area contributed by atoms with Crippen LogP contribution >= 0.6 is 0 Å². The highest BCUT2D eigenvalue weighted by atomic mass is 19.4. The van der Waals surface area contributed by atoms with Crippen LogP contribution in [-0.4, -0.2) is 27.9 Å². The van der Waals surface area contributed by atoms with Gasteiger partial charge >= 0.3 is 12.1 Å². The Morgan fingerprint density at radius 3 is 2.38 bits per heavy atom. The van der Waals surface area contributed by atoms with Crippen LogP contribution in [0.15, 0.2) is 91.1 Å². The van der Waals surface area contributed by atoms with Crippen molar-refractivity contribution in [1.29, 1.82) is 0 Å². The zero-order chi connectivity index (χ0) is 26.2. The molecule has 4 aromatic carbocycles. The Kier molecular flexibility index (Phi) is 6.29. The molecule has 9 heteroatoms. The van der Waals surface area contributed by atoms with Gasteiger partial charge in [0.05, 0.1) is 23.4 Å². The minimum absolute atomic E-state index is 0.359. The third-order valence-corrected chi connectivity index (χ3v) is 6.05. The van der Waals surface area contributed by atoms with E-state index in [0.29, 0.717) is 22.4 Å². The summed E-state index contributed by atoms with van der Waals surface area (Å²) in [4.78, 5) is 11.7. The van der Waals surface area contributed by atoms with Crippen molar-refractivity contribution in [3.63, 3.8) is 0 Å². The zero-order valence-corrected chi connectivity index (χ0v) is 19.5. The smallest absolute Gasteiger partial charge is 0.471 e. The van der Waals surface area contributed by atoms with Gasteiger partial charge in [-0.05, 0) is 71.8 Å². The van der Waals surface area contributed by atoms with Gasteiger partial charge in [-0.2, -0.15) is 18.3 Å². The second-order valence-electron chi connectivity index (χ2n) is 8.66. The topological polar surface area (TPSA) is 56.1 Å². The van der Waals surface area contributed by atoms with Crippen molar-refractivity contribution in [3.05, 3.63) is 103 Å². The molecule has 5 rings (SSSR count). The first-order chi connectivity index (χ1) is 17.7. The average molecular weight is 507 g/mol. The van der Waals surface area contributed by atoms with E-state index in [-0.39, 0.29) is 5.82 Å². The van der Waals surface area contributed by atoms with Gasteiger partial charge in [-0.3, -0.25) is 4.79 Å². The van der Waals surface area contributed by atoms with Crippen molar-refractivity contribution in [2.75, 3.05) is 0 Å². The van der Waals surface area contributed by atoms with Gasteiger partial charge in [0.25, 0.3) is 0 Å². The van der Waals surface area contributed by atoms with E-state index < -0.39 is 24.2 Å². The molecule has 5 aromatic rings. The molecular formula is C28H21F4N3O2. The lowest BCUT2D eigenvalue weighted by molar-refractivity contribution is -0.174. The average Bonchev–Trinajstić information content (AvgIpc) is 3.30. The van der Waals surface area contributed by atoms with Crippen molar-refractivity contribution in [1.82, 2.24) is 15.1 Å². The van der Waals surface area contributed by atoms with E-state index in [1.54, 1.807) is 47.3 Å². The highest BCUT2D eigenvalue weighted by Crippen LogP contribution is 2.31. The molecule has 0 aliphatic rings. The quantitative estimate of drug-likeness (QED) is 0.267. The molecule has 0 saturated carbocycles. The van der Waals surface area contributed by atoms with E-state index in [1.165, 1.54) is 19.1 Å². The summed E-state index contributed by atoms with van der Waals surface area (Å²) >= 11 is 0. The third kappa shape index (κ3) is 5.11. The first kappa shape index (κ1) is 24.3. The molecule has 188 valence electrons. The van der Waals surface area contributed by atoms with Crippen LogP contribution in [0.25, 0.3) is 27.4 Å². The molecule has 0 aliphatic heterocycles. The number of nitrogens with one attached hydrogen (secondary N) is 1. The first-order valence-electron chi connectivity index (χ1n) is 11.5. The fraction of sp³-hybridized carbons (Fsp3) is 0.143. The van der Waals surface area contributed by atoms with E-state index in [4.69, 9.17) is 4.74 Å². The Labute approximate surface area is 209 Å². The summed E-state index contributed by atoms with van der Waals surface area (Å²) in [6.45, 7) is 1.47. The van der Waals surface area contributed by atoms with Crippen LogP contribution in [0.3, 0.4) is 0 Å². The number of hydrogen-bond acceptors (Lipinski definition) is 3. The number of hydrogen-bond donors (Lipinski definition) is 1. The van der Waals surface area contributed by atoms with Gasteiger partial charge in [0, 0.05) is 5.39 Å². The van der Waals surface area contributed by atoms with Crippen LogP contribution in [-0.2, 0) is 4.79 Å². The molecule has 1 amide bonds. The monoisotopic (exact) mass is 507 g/mol. The molecule has 0 saturated heterocycles. The number of nitrogens with zero attached hydrogens (tertiary/aromatic N) is 2. The van der Waals surface area contributed by atoms with Crippen molar-refractivity contribution in [2.24, 2.45) is 0 Å². The molecular weight excluding hydrogens is 486 g/mol. The SMILES string of the molecule is C[C@H](NC(=O)C(F)(F)F)[C@@H](Oc1ccc2c(cnn2-c2ccc(F)cc2)c1)c1ccc2ccccc2c1. The maximum absolute atomic E-state index is 13.3. The molecule has 0 aliphatic carbocycles. The molecule has 0 radical (unpaired) electrons. The number of alkyl halides is 3. The van der Waals surface area contributed by atoms with Crippen LogP contribution in [0.4, 0.5) is 17.6 Å². The third-order valence-electron chi connectivity index (χ3n) is 6.05. The Morgan fingerprint density at radius 2 is 1.65 bits per heavy atom. The van der Waals surface area contributed by atoms with E-state index in [0.717, 1.165) is 16.3 Å². The van der Waals surface area contributed by atoms with Gasteiger partial charge in [-0.15, -0.1) is 0 Å². The number of ether oxygens (including phenoxy) is 1. The fourth-order valence-corrected chi connectivity index (χ4v) is 4.23. The lowest BCUT2D eigenvalue weighted by Gasteiger charge is -2.27. The second kappa shape index (κ2) is 9.57. The largest absolute Gasteiger partial charge is 0.484 e. The Hall–Kier alpha value is -4.40. The van der Waals surface area contributed by atoms with E-state index in [2.05, 4.69) is 5.10 Å². The maximum atomic E-state index is 13.3. The number of aromatic nitrogens is 2. The van der Waals surface area contributed by atoms with E-state index in [9.17, 15) is 22.4 Å². The lowest BCUT2D eigenvalue weighted by atomic mass is 9.99. The lowest BCUT2D eigenvalue weighted by Crippen LogP contribution is -2.45. The number of halogens is 4. The van der Waals surface area contributed by atoms with Crippen LogP contribution in [0.2, 0.25) is 0 Å². The number of benzene rings is 4. The van der Waals surface area contributed by atoms with Gasteiger partial charge in [-0.25, -0.2) is 9.07 Å². The van der Waals surface area contributed by atoms with Gasteiger partial charge in [-0.1, -0.05) is 36.4 Å². The molecule has 1 N–H and O–H groups in total. The van der Waals surface area contributed by atoms with Crippen LogP contribution in [0.5, 0.6) is 5.75 Å². The molecule has 0 unspecified atom stereocenters. The highest BCUT2D eigenvalue weighted by molar-refractivity contribution is 5.84. The number of rotatable bonds is 6. The van der Waals surface area contributed by atoms with Crippen molar-refractivity contribution in [2.45, 2.75) is 25.2 Å². The minimum Gasteiger partial charge on any atom is -0.484 e. The van der Waals surface area contributed by atoms with Crippen molar-refractivity contribution >= 4 is 27.6 Å². The van der Waals surface area contributed by atoms with Gasteiger partial charge < -0.3 is 10.1 Å². The molecule has 0 spiro atoms. The molecule has 37 heavy (non-hydrogen) atoms. The van der Waals surface area contributed by atoms with Crippen LogP contribution in [0.1, 0.15) is 18.6 Å². The highest BCUT2D eigenvalue weighted by Gasteiger charge is 2.40. The summed E-state index contributed by atoms with van der Waals surface area (Å²) in [6.07, 6.45) is -4.32. The molecule has 0 bridgehead atoms. The summed E-state index contributed by atoms with van der Waals surface area (Å²) in [5.74, 6) is -2.01. The predicted molar refractivity (Wildman–Crippen MR) is 132 cm³/mol. The van der Waals surface area contributed by atoms with Gasteiger partial charge in [0.1, 0.15) is 17.7 Å². The summed E-state index contributed by atoms with van der Waals surface area (Å²) in [6, 6.07) is 23.1. The van der Waals surface area contributed by atoms with Gasteiger partial charge in [0.15, 0.2) is 0 Å². The van der Waals surface area contributed by atoms with Crippen molar-refractivity contribution in [3.8, 4) is 11.4 Å². The number of carbonyl (C=O) groups is 1. The number of amides is 1. The zero-order valence-electron chi connectivity index (χ0n) is 19.5. The molecule has 1 aromatic heterocycles. The summed E-state index contributed by atoms with van der Waals surface area (Å²) < 4.78 is 60.1. The Bertz CT molecular complexity index is 1580. The molecule has 2 atom stereocenters. The fourth-order valence-electron chi connectivity index (χ4n) is 4.23. The van der Waals surface area contributed by atoms with Crippen LogP contribution < -0.4 is 10.1 Å². The van der Waals surface area contributed by atoms with E-state index in [1.807, 2.05) is 41.7 Å². The minimum atomic E-state index is -5.02. The summed E-state index contributed by atoms with van der Waals surface area (Å²) in [5.41, 5.74) is 2.01. The first-order valence-corrected chi connectivity index (χ1v) is 11.5. The molecule has 5 nitrogen and oxygen atoms in total. The van der Waals surface area contributed by atoms with E-state index >= 15 is 0 Å². The standard InChI is InChI=1S/C28H21F4N3O2/c1-17(34-27(36)28(30,31)32)26(20-7-6-18-4-2-3-5-19(18)14-20)37-24-12-13-25-21(15-24)16-33-35(25)23-10-8-22(29)9-11-23/h2-17,26H,1H3,(H,34,36)/t17-,26+/m0/s1. The maximum Gasteiger partial charge on any atom is 0.471 e. The number of carbonyl (C=O) groups excluding carboxylic acids is 1. The van der Waals surface area contributed by atoms with Crippen molar-refractivity contribution < 1.29 is 27.1 Å². The van der Waals surface area contributed by atoms with Crippen LogP contribution in [0, 0.1) is 5.82 Å². The Balaban J connectivity index is 1.49. The molecule has 0 fully saturated rings. The molecule has 1 heterocycles. The number of fused-ring (bicyclic) bond motifs is 2. The second-order valence-corrected chi connectivity index (χ2v) is 8.66. The normalized spacial score (nSPS) is 13.4.